The van der Waals surface area contributed by atoms with E-state index in [0.29, 0.717) is 55.0 Å². The van der Waals surface area contributed by atoms with E-state index in [1.807, 2.05) is 6.07 Å². The number of aliphatic hydroxyl groups is 2. The van der Waals surface area contributed by atoms with Crippen LogP contribution in [0.3, 0.4) is 0 Å². The molecule has 0 saturated carbocycles. The number of nitrogens with zero attached hydrogens (tertiary/aromatic N) is 4. The molecule has 0 bridgehead atoms. The molecule has 0 aromatic rings. The minimum Gasteiger partial charge on any atom is -0.465 e. The van der Waals surface area contributed by atoms with Crippen molar-refractivity contribution >= 4 is 17.8 Å². The van der Waals surface area contributed by atoms with E-state index in [1.165, 1.54) is 17.1 Å². The molecule has 0 spiro atoms. The number of likely N-dealkylation sites (tertiary alicyclic amines) is 1. The van der Waals surface area contributed by atoms with Gasteiger partial charge in [-0.2, -0.15) is 5.26 Å². The van der Waals surface area contributed by atoms with Gasteiger partial charge in [-0.05, 0) is 31.9 Å². The molecule has 3 rings (SSSR count). The van der Waals surface area contributed by atoms with Crippen molar-refractivity contribution in [1.82, 2.24) is 15.1 Å². The number of carbonyl (C=O) groups excluding carboxylic acids is 1. The fourth-order valence-electron chi connectivity index (χ4n) is 3.64. The minimum absolute atomic E-state index is 0.0655. The summed E-state index contributed by atoms with van der Waals surface area (Å²) in [4.78, 5) is 31.4. The molecule has 1 fully saturated rings. The maximum atomic E-state index is 12.6. The Labute approximate surface area is 179 Å². The lowest BCUT2D eigenvalue weighted by atomic mass is 10.1. The monoisotopic (exact) mass is 427 g/mol. The van der Waals surface area contributed by atoms with E-state index in [0.717, 1.165) is 0 Å². The topological polar surface area (TPSA) is 149 Å². The molecule has 10 nitrogen and oxygen atoms in total. The Hall–Kier alpha value is -3.42. The Morgan fingerprint density at radius 3 is 2.65 bits per heavy atom. The third-order valence-corrected chi connectivity index (χ3v) is 5.34. The summed E-state index contributed by atoms with van der Waals surface area (Å²) in [5.74, 6) is 0.237. The molecule has 2 aliphatic heterocycles. The predicted octanol–water partition coefficient (Wildman–Crippen LogP) is 0.838. The summed E-state index contributed by atoms with van der Waals surface area (Å²) in [6.07, 6.45) is 4.86. The summed E-state index contributed by atoms with van der Waals surface area (Å²) in [6.45, 7) is 2.53. The molecule has 2 amide bonds. The second-order valence-corrected chi connectivity index (χ2v) is 7.51. The number of hydrogen-bond donors (Lipinski definition) is 4. The molecule has 1 unspecified atom stereocenters. The first kappa shape index (κ1) is 22.3. The van der Waals surface area contributed by atoms with Gasteiger partial charge in [0.05, 0.1) is 23.6 Å². The highest BCUT2D eigenvalue weighted by Gasteiger charge is 2.28. The van der Waals surface area contributed by atoms with Gasteiger partial charge >= 0.3 is 6.09 Å². The molecule has 31 heavy (non-hydrogen) atoms. The number of amides is 2. The van der Waals surface area contributed by atoms with Crippen LogP contribution in [0.2, 0.25) is 0 Å². The van der Waals surface area contributed by atoms with E-state index >= 15 is 0 Å². The van der Waals surface area contributed by atoms with Crippen molar-refractivity contribution in [2.24, 2.45) is 4.99 Å². The number of hydrogen-bond acceptors (Lipinski definition) is 7. The first-order valence-corrected chi connectivity index (χ1v) is 9.98. The highest BCUT2D eigenvalue weighted by molar-refractivity contribution is 5.88. The quantitative estimate of drug-likeness (QED) is 0.519. The van der Waals surface area contributed by atoms with Crippen molar-refractivity contribution in [3.8, 4) is 6.07 Å². The predicted molar refractivity (Wildman–Crippen MR) is 111 cm³/mol. The van der Waals surface area contributed by atoms with Crippen LogP contribution in [-0.4, -0.2) is 74.9 Å². The number of amidine groups is 1. The Morgan fingerprint density at radius 2 is 2.03 bits per heavy atom. The van der Waals surface area contributed by atoms with Gasteiger partial charge in [-0.25, -0.2) is 9.79 Å². The van der Waals surface area contributed by atoms with Crippen LogP contribution in [0.4, 0.5) is 4.79 Å². The summed E-state index contributed by atoms with van der Waals surface area (Å²) in [5.41, 5.74) is 1.32. The summed E-state index contributed by atoms with van der Waals surface area (Å²) >= 11 is 0. The van der Waals surface area contributed by atoms with E-state index in [1.54, 1.807) is 24.0 Å². The Balaban J connectivity index is 1.82. The second-order valence-electron chi connectivity index (χ2n) is 7.51. The maximum absolute atomic E-state index is 12.6. The van der Waals surface area contributed by atoms with Crippen molar-refractivity contribution in [3.05, 3.63) is 46.8 Å². The highest BCUT2D eigenvalue weighted by Crippen LogP contribution is 2.26. The zero-order valence-corrected chi connectivity index (χ0v) is 17.2. The molecule has 0 radical (unpaired) electrons. The van der Waals surface area contributed by atoms with Crippen molar-refractivity contribution < 1.29 is 24.9 Å². The van der Waals surface area contributed by atoms with Gasteiger partial charge < -0.3 is 25.1 Å². The van der Waals surface area contributed by atoms with E-state index in [9.17, 15) is 25.1 Å². The lowest BCUT2D eigenvalue weighted by Gasteiger charge is -2.35. The molecule has 10 heteroatoms. The Morgan fingerprint density at radius 1 is 1.32 bits per heavy atom. The van der Waals surface area contributed by atoms with E-state index in [-0.39, 0.29) is 24.3 Å². The summed E-state index contributed by atoms with van der Waals surface area (Å²) in [7, 11) is 0. The molecule has 0 aromatic heterocycles. The number of carboxylic acid groups (broad SMARTS) is 1. The Bertz CT molecular complexity index is 948. The average molecular weight is 427 g/mol. The lowest BCUT2D eigenvalue weighted by Crippen LogP contribution is -2.49. The Kier molecular flexibility index (Phi) is 6.89. The molecule has 2 heterocycles. The number of allylic oxidation sites excluding steroid dienone is 4. The van der Waals surface area contributed by atoms with Gasteiger partial charge in [0.15, 0.2) is 0 Å². The van der Waals surface area contributed by atoms with Crippen LogP contribution in [0.1, 0.15) is 26.2 Å². The smallest absolute Gasteiger partial charge is 0.409 e. The molecule has 164 valence electrons. The molecular weight excluding hydrogens is 402 g/mol. The van der Waals surface area contributed by atoms with E-state index in [2.05, 4.69) is 10.3 Å². The standard InChI is InChI=1S/C21H25N5O5/c1-13-23-18(16-4-2-3-14(11-22)9-17(16)24-21(30)31)10-19(28)26(13)12-20(29)25-7-5-15(27)6-8-25/h2,4,9-10,15,19,24,27-28H,3,5-8,12H2,1H3,(H,30,31). The van der Waals surface area contributed by atoms with Gasteiger partial charge in [-0.3, -0.25) is 10.1 Å². The third kappa shape index (κ3) is 5.39. The van der Waals surface area contributed by atoms with Crippen LogP contribution in [0.5, 0.6) is 0 Å². The molecule has 0 aromatic carbocycles. The number of aliphatic hydroxyl groups excluding tert-OH is 2. The zero-order valence-electron chi connectivity index (χ0n) is 17.2. The van der Waals surface area contributed by atoms with Crippen molar-refractivity contribution in [2.75, 3.05) is 19.6 Å². The first-order chi connectivity index (χ1) is 14.8. The molecule has 1 saturated heterocycles. The summed E-state index contributed by atoms with van der Waals surface area (Å²) in [6, 6.07) is 2.02. The van der Waals surface area contributed by atoms with Crippen molar-refractivity contribution in [1.29, 1.82) is 5.26 Å². The van der Waals surface area contributed by atoms with Crippen LogP contribution in [-0.2, 0) is 4.79 Å². The summed E-state index contributed by atoms with van der Waals surface area (Å²) < 4.78 is 0. The van der Waals surface area contributed by atoms with Crippen molar-refractivity contribution in [3.63, 3.8) is 0 Å². The van der Waals surface area contributed by atoms with Crippen LogP contribution in [0.15, 0.2) is 51.8 Å². The number of nitriles is 1. The van der Waals surface area contributed by atoms with Gasteiger partial charge in [0.1, 0.15) is 18.6 Å². The first-order valence-electron chi connectivity index (χ1n) is 9.98. The van der Waals surface area contributed by atoms with Gasteiger partial charge in [-0.1, -0.05) is 12.2 Å². The highest BCUT2D eigenvalue weighted by atomic mass is 16.4. The number of carbonyl (C=O) groups is 2. The van der Waals surface area contributed by atoms with E-state index < -0.39 is 12.3 Å². The minimum atomic E-state index is -1.28. The van der Waals surface area contributed by atoms with Crippen LogP contribution < -0.4 is 5.32 Å². The average Bonchev–Trinajstić information content (AvgIpc) is 2.92. The largest absolute Gasteiger partial charge is 0.465 e. The van der Waals surface area contributed by atoms with Gasteiger partial charge in [0.25, 0.3) is 0 Å². The fraction of sp³-hybridized carbons (Fsp3) is 0.429. The van der Waals surface area contributed by atoms with Crippen LogP contribution >= 0.6 is 0 Å². The maximum Gasteiger partial charge on any atom is 0.409 e. The zero-order chi connectivity index (χ0) is 22.5. The number of piperidine rings is 1. The number of aliphatic imine (C=N–C) groups is 1. The van der Waals surface area contributed by atoms with Gasteiger partial charge in [0.2, 0.25) is 5.91 Å². The molecule has 3 aliphatic rings. The SMILES string of the molecule is CC1=NC(C2=C(NC(=O)O)C=C(C#N)CC=C2)=CC(O)N1CC(=O)N1CCC(O)CC1. The van der Waals surface area contributed by atoms with Crippen LogP contribution in [0, 0.1) is 11.3 Å². The van der Waals surface area contributed by atoms with E-state index in [4.69, 9.17) is 5.11 Å². The number of nitrogens with one attached hydrogen (secondary N) is 1. The van der Waals surface area contributed by atoms with Crippen LogP contribution in [0.25, 0.3) is 0 Å². The molecule has 4 N–H and O–H groups in total. The third-order valence-electron chi connectivity index (χ3n) is 5.34. The second kappa shape index (κ2) is 9.59. The molecular formula is C21H25N5O5. The fourth-order valence-corrected chi connectivity index (χ4v) is 3.64. The molecule has 1 aliphatic carbocycles. The lowest BCUT2D eigenvalue weighted by molar-refractivity contribution is -0.134. The van der Waals surface area contributed by atoms with Gasteiger partial charge in [-0.15, -0.1) is 0 Å². The normalized spacial score (nSPS) is 22.3. The summed E-state index contributed by atoms with van der Waals surface area (Å²) in [5, 5.41) is 40.9. The molecule has 1 atom stereocenters. The van der Waals surface area contributed by atoms with Crippen molar-refractivity contribution in [2.45, 2.75) is 38.5 Å². The van der Waals surface area contributed by atoms with Gasteiger partial charge in [0, 0.05) is 30.7 Å². The number of rotatable bonds is 4.